The molecular weight excluding hydrogens is 444 g/mol. The fourth-order valence-corrected chi connectivity index (χ4v) is 5.69. The third-order valence-corrected chi connectivity index (χ3v) is 7.52. The van der Waals surface area contributed by atoms with E-state index in [1.807, 2.05) is 12.1 Å². The molecule has 0 spiro atoms. The topological polar surface area (TPSA) is 94.2 Å². The number of fused-ring (bicyclic) bond motifs is 1. The highest BCUT2D eigenvalue weighted by Gasteiger charge is 2.35. The Morgan fingerprint density at radius 2 is 2.03 bits per heavy atom. The molecule has 1 atom stereocenters. The molecule has 1 amide bonds. The highest BCUT2D eigenvalue weighted by molar-refractivity contribution is 7.89. The molecule has 0 aromatic heterocycles. The number of nitrogens with one attached hydrogen (secondary N) is 1. The van der Waals surface area contributed by atoms with Crippen LogP contribution in [0, 0.1) is 5.92 Å². The average molecular weight is 467 g/mol. The summed E-state index contributed by atoms with van der Waals surface area (Å²) in [6.07, 6.45) is 1.20. The first-order valence-electron chi connectivity index (χ1n) is 9.88. The predicted octanol–water partition coefficient (Wildman–Crippen LogP) is 2.79. The lowest BCUT2D eigenvalue weighted by molar-refractivity contribution is -0.126. The molecule has 0 radical (unpaired) electrons. The van der Waals surface area contributed by atoms with E-state index < -0.39 is 15.9 Å². The van der Waals surface area contributed by atoms with Crippen LogP contribution in [0.15, 0.2) is 41.3 Å². The van der Waals surface area contributed by atoms with Gasteiger partial charge in [0, 0.05) is 24.7 Å². The molecule has 2 aliphatic rings. The van der Waals surface area contributed by atoms with E-state index in [9.17, 15) is 13.2 Å². The van der Waals surface area contributed by atoms with Gasteiger partial charge in [-0.15, -0.1) is 0 Å². The van der Waals surface area contributed by atoms with Gasteiger partial charge in [0.1, 0.15) is 10.6 Å². The lowest BCUT2D eigenvalue weighted by atomic mass is 9.98. The molecule has 4 rings (SSSR count). The van der Waals surface area contributed by atoms with Gasteiger partial charge in [0.2, 0.25) is 22.7 Å². The molecule has 0 aliphatic carbocycles. The molecule has 2 aliphatic heterocycles. The van der Waals surface area contributed by atoms with Gasteiger partial charge < -0.3 is 19.5 Å². The Kier molecular flexibility index (Phi) is 6.27. The summed E-state index contributed by atoms with van der Waals surface area (Å²) in [6.45, 7) is 0.949. The molecule has 31 heavy (non-hydrogen) atoms. The lowest BCUT2D eigenvalue weighted by Gasteiger charge is -2.31. The maximum Gasteiger partial charge on any atom is 0.246 e. The number of carbonyl (C=O) groups is 1. The molecular formula is C21H23ClN2O6S. The summed E-state index contributed by atoms with van der Waals surface area (Å²) in [6, 6.07) is 9.95. The van der Waals surface area contributed by atoms with E-state index in [1.54, 1.807) is 12.1 Å². The summed E-state index contributed by atoms with van der Waals surface area (Å²) >= 11 is 6.01. The van der Waals surface area contributed by atoms with Crippen LogP contribution in [0.25, 0.3) is 0 Å². The maximum atomic E-state index is 13.2. The van der Waals surface area contributed by atoms with Gasteiger partial charge in [-0.2, -0.15) is 4.31 Å². The summed E-state index contributed by atoms with van der Waals surface area (Å²) in [7, 11) is -2.45. The van der Waals surface area contributed by atoms with Crippen molar-refractivity contribution in [1.29, 1.82) is 0 Å². The first kappa shape index (κ1) is 21.7. The number of benzene rings is 2. The Labute approximate surface area is 186 Å². The number of nitrogens with zero attached hydrogens (tertiary/aromatic N) is 1. The van der Waals surface area contributed by atoms with Crippen LogP contribution in [0.4, 0.5) is 0 Å². The monoisotopic (exact) mass is 466 g/mol. The molecule has 1 fully saturated rings. The van der Waals surface area contributed by atoms with Crippen LogP contribution in [-0.2, 0) is 21.4 Å². The minimum absolute atomic E-state index is 0.00363. The lowest BCUT2D eigenvalue weighted by Crippen LogP contribution is -2.45. The van der Waals surface area contributed by atoms with Gasteiger partial charge in [-0.1, -0.05) is 17.7 Å². The minimum Gasteiger partial charge on any atom is -0.495 e. The smallest absolute Gasteiger partial charge is 0.246 e. The number of hydrogen-bond acceptors (Lipinski definition) is 6. The Hall–Kier alpha value is -2.49. The van der Waals surface area contributed by atoms with Crippen molar-refractivity contribution in [3.63, 3.8) is 0 Å². The van der Waals surface area contributed by atoms with Crippen molar-refractivity contribution in [1.82, 2.24) is 9.62 Å². The number of halogens is 1. The summed E-state index contributed by atoms with van der Waals surface area (Å²) in [5.74, 6) is 0.925. The molecule has 0 unspecified atom stereocenters. The van der Waals surface area contributed by atoms with Gasteiger partial charge in [0.05, 0.1) is 13.0 Å². The number of methoxy groups -OCH3 is 1. The quantitative estimate of drug-likeness (QED) is 0.703. The summed E-state index contributed by atoms with van der Waals surface area (Å²) in [5, 5.41) is 3.20. The van der Waals surface area contributed by atoms with E-state index in [0.717, 1.165) is 5.56 Å². The molecule has 2 heterocycles. The Morgan fingerprint density at radius 3 is 2.84 bits per heavy atom. The minimum atomic E-state index is -3.85. The van der Waals surface area contributed by atoms with E-state index in [0.29, 0.717) is 42.5 Å². The van der Waals surface area contributed by atoms with Crippen LogP contribution in [0.3, 0.4) is 0 Å². The second kappa shape index (κ2) is 8.94. The van der Waals surface area contributed by atoms with Crippen molar-refractivity contribution in [3.05, 3.63) is 47.0 Å². The molecule has 2 aromatic rings. The number of rotatable bonds is 6. The first-order chi connectivity index (χ1) is 14.9. The SMILES string of the molecule is COc1ccc(Cl)cc1S(=O)(=O)N1CCC[C@@H](C(=O)NCc2ccc3c(c2)OCO3)C1. The zero-order valence-corrected chi connectivity index (χ0v) is 18.5. The molecule has 2 aromatic carbocycles. The number of carbonyl (C=O) groups excluding carboxylic acids is 1. The zero-order chi connectivity index (χ0) is 22.0. The Bertz CT molecular complexity index is 1090. The van der Waals surface area contributed by atoms with Gasteiger partial charge in [-0.25, -0.2) is 8.42 Å². The number of hydrogen-bond donors (Lipinski definition) is 1. The van der Waals surface area contributed by atoms with Gasteiger partial charge >= 0.3 is 0 Å². The van der Waals surface area contributed by atoms with Crippen LogP contribution >= 0.6 is 11.6 Å². The van der Waals surface area contributed by atoms with E-state index in [-0.39, 0.29) is 29.9 Å². The normalized spacial score (nSPS) is 18.6. The third kappa shape index (κ3) is 4.58. The number of sulfonamides is 1. The molecule has 1 saturated heterocycles. The van der Waals surface area contributed by atoms with E-state index in [2.05, 4.69) is 5.32 Å². The van der Waals surface area contributed by atoms with Crippen LogP contribution in [-0.4, -0.2) is 45.6 Å². The van der Waals surface area contributed by atoms with Gasteiger partial charge in [0.25, 0.3) is 0 Å². The fourth-order valence-electron chi connectivity index (χ4n) is 3.75. The molecule has 1 N–H and O–H groups in total. The molecule has 0 saturated carbocycles. The van der Waals surface area contributed by atoms with E-state index >= 15 is 0 Å². The number of ether oxygens (including phenoxy) is 3. The highest BCUT2D eigenvalue weighted by Crippen LogP contribution is 2.33. The van der Waals surface area contributed by atoms with Crippen molar-refractivity contribution < 1.29 is 27.4 Å². The van der Waals surface area contributed by atoms with Crippen LogP contribution in [0.2, 0.25) is 5.02 Å². The van der Waals surface area contributed by atoms with Crippen molar-refractivity contribution in [2.75, 3.05) is 27.0 Å². The summed E-state index contributed by atoms with van der Waals surface area (Å²) < 4.78 is 43.6. The standard InChI is InChI=1S/C21H23ClN2O6S/c1-28-18-7-5-16(22)10-20(18)31(26,27)24-8-2-3-15(12-24)21(25)23-11-14-4-6-17-19(9-14)30-13-29-17/h4-7,9-10,15H,2-3,8,11-13H2,1H3,(H,23,25)/t15-/m1/s1. The maximum absolute atomic E-state index is 13.2. The van der Waals surface area contributed by atoms with Crippen molar-refractivity contribution in [3.8, 4) is 17.2 Å². The number of amides is 1. The predicted molar refractivity (Wildman–Crippen MR) is 114 cm³/mol. The van der Waals surface area contributed by atoms with Crippen LogP contribution in [0.5, 0.6) is 17.2 Å². The fraction of sp³-hybridized carbons (Fsp3) is 0.381. The average Bonchev–Trinajstić information content (AvgIpc) is 3.25. The second-order valence-corrected chi connectivity index (χ2v) is 9.75. The van der Waals surface area contributed by atoms with Crippen LogP contribution < -0.4 is 19.5 Å². The van der Waals surface area contributed by atoms with Crippen molar-refractivity contribution >= 4 is 27.5 Å². The van der Waals surface area contributed by atoms with E-state index in [4.69, 9.17) is 25.8 Å². The molecule has 10 heteroatoms. The molecule has 166 valence electrons. The van der Waals surface area contributed by atoms with Crippen LogP contribution in [0.1, 0.15) is 18.4 Å². The van der Waals surface area contributed by atoms with Crippen molar-refractivity contribution in [2.45, 2.75) is 24.3 Å². The van der Waals surface area contributed by atoms with Gasteiger partial charge in [0.15, 0.2) is 11.5 Å². The second-order valence-electron chi connectivity index (χ2n) is 7.40. The highest BCUT2D eigenvalue weighted by atomic mass is 35.5. The Balaban J connectivity index is 1.43. The molecule has 8 nitrogen and oxygen atoms in total. The number of piperidine rings is 1. The van der Waals surface area contributed by atoms with Gasteiger partial charge in [-0.05, 0) is 48.7 Å². The largest absolute Gasteiger partial charge is 0.495 e. The zero-order valence-electron chi connectivity index (χ0n) is 17.0. The molecule has 0 bridgehead atoms. The third-order valence-electron chi connectivity index (χ3n) is 5.40. The van der Waals surface area contributed by atoms with Gasteiger partial charge in [-0.3, -0.25) is 4.79 Å². The Morgan fingerprint density at radius 1 is 1.23 bits per heavy atom. The summed E-state index contributed by atoms with van der Waals surface area (Å²) in [4.78, 5) is 12.8. The van der Waals surface area contributed by atoms with E-state index in [1.165, 1.54) is 23.5 Å². The van der Waals surface area contributed by atoms with Crippen molar-refractivity contribution in [2.24, 2.45) is 5.92 Å². The first-order valence-corrected chi connectivity index (χ1v) is 11.7. The summed E-state index contributed by atoms with van der Waals surface area (Å²) in [5.41, 5.74) is 0.876.